The van der Waals surface area contributed by atoms with Gasteiger partial charge in [0.15, 0.2) is 0 Å². The standard InChI is InChI=1S/C17H18N2O3S/c1-10-7-12(9-22-10)16(21)19-17-13(15(18)20)8-14(23-17)11-5-3-2-4-6-11/h2-6,8,10,12H,7,9H2,1H3,(H2,18,20)(H,19,21)/t10-,12+/m1/s1. The van der Waals surface area contributed by atoms with Crippen molar-refractivity contribution in [1.82, 2.24) is 0 Å². The first-order valence-corrected chi connectivity index (χ1v) is 8.27. The van der Waals surface area contributed by atoms with Crippen LogP contribution in [0.25, 0.3) is 10.4 Å². The van der Waals surface area contributed by atoms with Crippen molar-refractivity contribution in [2.75, 3.05) is 11.9 Å². The Morgan fingerprint density at radius 3 is 2.65 bits per heavy atom. The minimum atomic E-state index is -0.547. The molecule has 0 aliphatic carbocycles. The van der Waals surface area contributed by atoms with Crippen molar-refractivity contribution in [1.29, 1.82) is 0 Å². The van der Waals surface area contributed by atoms with E-state index < -0.39 is 5.91 Å². The van der Waals surface area contributed by atoms with Gasteiger partial charge in [0, 0.05) is 4.88 Å². The van der Waals surface area contributed by atoms with Gasteiger partial charge in [0.05, 0.1) is 24.2 Å². The Labute approximate surface area is 138 Å². The summed E-state index contributed by atoms with van der Waals surface area (Å²) in [6.45, 7) is 2.36. The Bertz CT molecular complexity index is 727. The Hall–Kier alpha value is -2.18. The zero-order valence-electron chi connectivity index (χ0n) is 12.7. The number of nitrogens with two attached hydrogens (primary N) is 1. The molecule has 3 rings (SSSR count). The number of carbonyl (C=O) groups is 2. The van der Waals surface area contributed by atoms with Gasteiger partial charge >= 0.3 is 0 Å². The predicted octanol–water partition coefficient (Wildman–Crippen LogP) is 2.88. The summed E-state index contributed by atoms with van der Waals surface area (Å²) < 4.78 is 5.43. The van der Waals surface area contributed by atoms with Crippen molar-refractivity contribution in [2.45, 2.75) is 19.4 Å². The molecule has 6 heteroatoms. The highest BCUT2D eigenvalue weighted by atomic mass is 32.1. The average molecular weight is 330 g/mol. The molecule has 23 heavy (non-hydrogen) atoms. The van der Waals surface area contributed by atoms with E-state index in [1.165, 1.54) is 11.3 Å². The topological polar surface area (TPSA) is 81.4 Å². The van der Waals surface area contributed by atoms with Crippen LogP contribution in [0.3, 0.4) is 0 Å². The number of thiophene rings is 1. The monoisotopic (exact) mass is 330 g/mol. The number of nitrogens with one attached hydrogen (secondary N) is 1. The molecule has 1 aliphatic heterocycles. The fourth-order valence-electron chi connectivity index (χ4n) is 2.63. The predicted molar refractivity (Wildman–Crippen MR) is 90.4 cm³/mol. The maximum absolute atomic E-state index is 12.3. The largest absolute Gasteiger partial charge is 0.378 e. The van der Waals surface area contributed by atoms with Crippen LogP contribution in [0.4, 0.5) is 5.00 Å². The molecule has 2 heterocycles. The third-order valence-corrected chi connectivity index (χ3v) is 4.96. The number of rotatable bonds is 4. The SMILES string of the molecule is C[C@@H]1C[C@H](C(=O)Nc2sc(-c3ccccc3)cc2C(N)=O)CO1. The summed E-state index contributed by atoms with van der Waals surface area (Å²) in [4.78, 5) is 24.9. The Balaban J connectivity index is 1.85. The molecule has 0 radical (unpaired) electrons. The van der Waals surface area contributed by atoms with Gasteiger partial charge in [0.25, 0.3) is 5.91 Å². The van der Waals surface area contributed by atoms with Crippen LogP contribution in [0.15, 0.2) is 36.4 Å². The molecule has 120 valence electrons. The van der Waals surface area contributed by atoms with E-state index >= 15 is 0 Å². The van der Waals surface area contributed by atoms with Crippen LogP contribution in [-0.4, -0.2) is 24.5 Å². The Morgan fingerprint density at radius 2 is 2.04 bits per heavy atom. The van der Waals surface area contributed by atoms with E-state index in [9.17, 15) is 9.59 Å². The second-order valence-corrected chi connectivity index (χ2v) is 6.70. The van der Waals surface area contributed by atoms with Crippen molar-refractivity contribution < 1.29 is 14.3 Å². The highest BCUT2D eigenvalue weighted by Crippen LogP contribution is 2.35. The van der Waals surface area contributed by atoms with Gasteiger partial charge in [-0.1, -0.05) is 30.3 Å². The lowest BCUT2D eigenvalue weighted by Gasteiger charge is -2.08. The van der Waals surface area contributed by atoms with E-state index in [0.717, 1.165) is 10.4 Å². The van der Waals surface area contributed by atoms with E-state index in [-0.39, 0.29) is 17.9 Å². The summed E-state index contributed by atoms with van der Waals surface area (Å²) in [7, 11) is 0. The quantitative estimate of drug-likeness (QED) is 0.904. The summed E-state index contributed by atoms with van der Waals surface area (Å²) in [5.41, 5.74) is 6.78. The van der Waals surface area contributed by atoms with Gasteiger partial charge in [-0.3, -0.25) is 9.59 Å². The number of amides is 2. The highest BCUT2D eigenvalue weighted by Gasteiger charge is 2.29. The summed E-state index contributed by atoms with van der Waals surface area (Å²) >= 11 is 1.36. The molecule has 2 atom stereocenters. The van der Waals surface area contributed by atoms with Crippen LogP contribution >= 0.6 is 11.3 Å². The summed E-state index contributed by atoms with van der Waals surface area (Å²) in [6, 6.07) is 11.4. The van der Waals surface area contributed by atoms with Gasteiger partial charge in [-0.05, 0) is 25.0 Å². The molecule has 1 aromatic carbocycles. The molecule has 1 saturated heterocycles. The van der Waals surface area contributed by atoms with Gasteiger partial charge in [0.2, 0.25) is 5.91 Å². The Kier molecular flexibility index (Phi) is 4.45. The van der Waals surface area contributed by atoms with Crippen LogP contribution in [-0.2, 0) is 9.53 Å². The third kappa shape index (κ3) is 3.43. The molecule has 5 nitrogen and oxygen atoms in total. The molecule has 0 unspecified atom stereocenters. The fourth-order valence-corrected chi connectivity index (χ4v) is 3.70. The molecule has 0 spiro atoms. The van der Waals surface area contributed by atoms with E-state index in [0.29, 0.717) is 23.6 Å². The number of ether oxygens (including phenoxy) is 1. The molecular weight excluding hydrogens is 312 g/mol. The molecule has 1 aromatic heterocycles. The molecule has 2 aromatic rings. The molecule has 3 N–H and O–H groups in total. The van der Waals surface area contributed by atoms with E-state index in [1.54, 1.807) is 6.07 Å². The number of hydrogen-bond acceptors (Lipinski definition) is 4. The Morgan fingerprint density at radius 1 is 1.30 bits per heavy atom. The fraction of sp³-hybridized carbons (Fsp3) is 0.294. The molecule has 2 amide bonds. The summed E-state index contributed by atoms with van der Waals surface area (Å²) in [6.07, 6.45) is 0.777. The number of primary amides is 1. The second-order valence-electron chi connectivity index (χ2n) is 5.65. The van der Waals surface area contributed by atoms with Gasteiger partial charge in [-0.25, -0.2) is 0 Å². The maximum atomic E-state index is 12.3. The number of hydrogen-bond donors (Lipinski definition) is 2. The lowest BCUT2D eigenvalue weighted by molar-refractivity contribution is -0.119. The van der Waals surface area contributed by atoms with Crippen LogP contribution in [0, 0.1) is 5.92 Å². The van der Waals surface area contributed by atoms with Crippen molar-refractivity contribution in [3.63, 3.8) is 0 Å². The number of carbonyl (C=O) groups excluding carboxylic acids is 2. The first-order valence-electron chi connectivity index (χ1n) is 7.46. The maximum Gasteiger partial charge on any atom is 0.251 e. The van der Waals surface area contributed by atoms with Crippen LogP contribution < -0.4 is 11.1 Å². The van der Waals surface area contributed by atoms with Gasteiger partial charge < -0.3 is 15.8 Å². The summed E-state index contributed by atoms with van der Waals surface area (Å²) in [5, 5.41) is 3.34. The molecular formula is C17H18N2O3S. The number of benzene rings is 1. The van der Waals surface area contributed by atoms with Crippen molar-refractivity contribution in [2.24, 2.45) is 11.7 Å². The molecule has 1 fully saturated rings. The third-order valence-electron chi connectivity index (χ3n) is 3.86. The first kappa shape index (κ1) is 15.7. The zero-order chi connectivity index (χ0) is 16.4. The molecule has 0 bridgehead atoms. The molecule has 1 aliphatic rings. The summed E-state index contributed by atoms with van der Waals surface area (Å²) in [5.74, 6) is -0.860. The van der Waals surface area contributed by atoms with Gasteiger partial charge in [-0.2, -0.15) is 0 Å². The molecule has 0 saturated carbocycles. The van der Waals surface area contributed by atoms with E-state index in [1.807, 2.05) is 37.3 Å². The van der Waals surface area contributed by atoms with Crippen molar-refractivity contribution in [3.8, 4) is 10.4 Å². The minimum absolute atomic E-state index is 0.0876. The smallest absolute Gasteiger partial charge is 0.251 e. The van der Waals surface area contributed by atoms with E-state index in [4.69, 9.17) is 10.5 Å². The lowest BCUT2D eigenvalue weighted by Crippen LogP contribution is -2.24. The van der Waals surface area contributed by atoms with E-state index in [2.05, 4.69) is 5.32 Å². The van der Waals surface area contributed by atoms with Crippen LogP contribution in [0.1, 0.15) is 23.7 Å². The highest BCUT2D eigenvalue weighted by molar-refractivity contribution is 7.20. The zero-order valence-corrected chi connectivity index (χ0v) is 13.6. The van der Waals surface area contributed by atoms with Gasteiger partial charge in [0.1, 0.15) is 5.00 Å². The van der Waals surface area contributed by atoms with Crippen LogP contribution in [0.5, 0.6) is 0 Å². The van der Waals surface area contributed by atoms with Crippen molar-refractivity contribution >= 4 is 28.2 Å². The number of anilines is 1. The average Bonchev–Trinajstić information content (AvgIpc) is 3.15. The normalized spacial score (nSPS) is 20.4. The van der Waals surface area contributed by atoms with Crippen LogP contribution in [0.2, 0.25) is 0 Å². The van der Waals surface area contributed by atoms with Crippen molar-refractivity contribution in [3.05, 3.63) is 42.0 Å². The minimum Gasteiger partial charge on any atom is -0.378 e. The van der Waals surface area contributed by atoms with Gasteiger partial charge in [-0.15, -0.1) is 11.3 Å². The second kappa shape index (κ2) is 6.52. The first-order chi connectivity index (χ1) is 11.0. The lowest BCUT2D eigenvalue weighted by atomic mass is 10.1.